The van der Waals surface area contributed by atoms with Gasteiger partial charge in [0.25, 0.3) is 5.91 Å². The third kappa shape index (κ3) is 1.56. The number of carbonyl (C=O) groups is 1. The fraction of sp³-hybridized carbons (Fsp3) is 0.889. The Morgan fingerprint density at radius 3 is 2.77 bits per heavy atom. The van der Waals surface area contributed by atoms with Crippen LogP contribution in [-0.2, 0) is 9.63 Å². The van der Waals surface area contributed by atoms with E-state index >= 15 is 0 Å². The Morgan fingerprint density at radius 2 is 2.31 bits per heavy atom. The largest absolute Gasteiger partial charge is 0.317 e. The number of hydrogen-bond acceptors (Lipinski definition) is 3. The summed E-state index contributed by atoms with van der Waals surface area (Å²) in [6, 6.07) is 0. The first-order chi connectivity index (χ1) is 6.12. The number of hydroxylamine groups is 2. The third-order valence-electron chi connectivity index (χ3n) is 2.87. The van der Waals surface area contributed by atoms with Crippen molar-refractivity contribution in [3.8, 4) is 0 Å². The summed E-state index contributed by atoms with van der Waals surface area (Å²) in [5.74, 6) is 0.316. The molecule has 1 atom stereocenters. The second-order valence-electron chi connectivity index (χ2n) is 4.15. The summed E-state index contributed by atoms with van der Waals surface area (Å²) in [5.41, 5.74) is 5.27. The predicted octanol–water partition coefficient (Wildman–Crippen LogP) is 0.278. The predicted molar refractivity (Wildman–Crippen MR) is 47.6 cm³/mol. The zero-order valence-electron chi connectivity index (χ0n) is 7.95. The summed E-state index contributed by atoms with van der Waals surface area (Å²) < 4.78 is 0. The lowest BCUT2D eigenvalue weighted by Crippen LogP contribution is -2.53. The van der Waals surface area contributed by atoms with Gasteiger partial charge in [-0.1, -0.05) is 0 Å². The molecule has 2 fully saturated rings. The van der Waals surface area contributed by atoms with Gasteiger partial charge in [-0.15, -0.1) is 0 Å². The summed E-state index contributed by atoms with van der Waals surface area (Å²) in [6.45, 7) is 3.15. The van der Waals surface area contributed by atoms with Crippen LogP contribution in [0.5, 0.6) is 0 Å². The van der Waals surface area contributed by atoms with Gasteiger partial charge in [0.15, 0.2) is 0 Å². The minimum atomic E-state index is -0.704. The summed E-state index contributed by atoms with van der Waals surface area (Å²) in [5, 5.41) is 1.43. The molecule has 0 aromatic rings. The van der Waals surface area contributed by atoms with Crippen molar-refractivity contribution in [3.05, 3.63) is 0 Å². The van der Waals surface area contributed by atoms with E-state index in [1.807, 2.05) is 6.92 Å². The monoisotopic (exact) mass is 184 g/mol. The van der Waals surface area contributed by atoms with Gasteiger partial charge >= 0.3 is 0 Å². The van der Waals surface area contributed by atoms with Crippen LogP contribution in [0.25, 0.3) is 0 Å². The van der Waals surface area contributed by atoms with Crippen molar-refractivity contribution in [1.29, 1.82) is 0 Å². The lowest BCUT2D eigenvalue weighted by Gasteiger charge is -2.27. The Bertz CT molecular complexity index is 218. The molecule has 1 amide bonds. The molecule has 0 radical (unpaired) electrons. The van der Waals surface area contributed by atoms with Crippen LogP contribution < -0.4 is 5.73 Å². The molecule has 0 spiro atoms. The fourth-order valence-corrected chi connectivity index (χ4v) is 1.73. The maximum absolute atomic E-state index is 11.8. The molecule has 1 aliphatic carbocycles. The van der Waals surface area contributed by atoms with Crippen LogP contribution in [0.2, 0.25) is 0 Å². The van der Waals surface area contributed by atoms with E-state index in [4.69, 9.17) is 10.6 Å². The molecule has 4 heteroatoms. The van der Waals surface area contributed by atoms with E-state index in [9.17, 15) is 4.79 Å². The van der Waals surface area contributed by atoms with Crippen molar-refractivity contribution in [2.24, 2.45) is 11.7 Å². The fourth-order valence-electron chi connectivity index (χ4n) is 1.73. The molecule has 4 nitrogen and oxygen atoms in total. The maximum atomic E-state index is 11.8. The molecular formula is C9H16N2O2. The van der Waals surface area contributed by atoms with Crippen molar-refractivity contribution in [3.63, 3.8) is 0 Å². The molecule has 1 heterocycles. The van der Waals surface area contributed by atoms with Crippen molar-refractivity contribution >= 4 is 5.91 Å². The summed E-state index contributed by atoms with van der Waals surface area (Å²) >= 11 is 0. The molecule has 1 unspecified atom stereocenters. The number of nitrogens with two attached hydrogens (primary N) is 1. The van der Waals surface area contributed by atoms with Gasteiger partial charge in [-0.05, 0) is 32.1 Å². The van der Waals surface area contributed by atoms with Crippen LogP contribution in [0.4, 0.5) is 0 Å². The lowest BCUT2D eigenvalue weighted by molar-refractivity contribution is -0.175. The van der Waals surface area contributed by atoms with E-state index in [1.54, 1.807) is 0 Å². The zero-order chi connectivity index (χ0) is 9.47. The second kappa shape index (κ2) is 2.96. The minimum absolute atomic E-state index is 0.0486. The van der Waals surface area contributed by atoms with Gasteiger partial charge in [-0.25, -0.2) is 5.06 Å². The molecular weight excluding hydrogens is 168 g/mol. The summed E-state index contributed by atoms with van der Waals surface area (Å²) in [7, 11) is 0. The van der Waals surface area contributed by atoms with E-state index < -0.39 is 5.54 Å². The molecule has 1 aliphatic heterocycles. The van der Waals surface area contributed by atoms with E-state index in [1.165, 1.54) is 5.06 Å². The highest BCUT2D eigenvalue weighted by molar-refractivity contribution is 5.85. The first kappa shape index (κ1) is 8.97. The lowest BCUT2D eigenvalue weighted by atomic mass is 9.96. The normalized spacial score (nSPS) is 27.4. The molecule has 0 aromatic carbocycles. The second-order valence-corrected chi connectivity index (χ2v) is 4.15. The van der Waals surface area contributed by atoms with Crippen LogP contribution in [0.1, 0.15) is 26.2 Å². The number of hydrogen-bond donors (Lipinski definition) is 1. The number of amides is 1. The Kier molecular flexibility index (Phi) is 2.04. The topological polar surface area (TPSA) is 55.6 Å². The first-order valence-corrected chi connectivity index (χ1v) is 4.86. The molecule has 1 saturated carbocycles. The van der Waals surface area contributed by atoms with Gasteiger partial charge in [0.1, 0.15) is 0 Å². The van der Waals surface area contributed by atoms with E-state index in [-0.39, 0.29) is 5.91 Å². The number of carbonyl (C=O) groups excluding carboxylic acids is 1. The minimum Gasteiger partial charge on any atom is -0.317 e. The van der Waals surface area contributed by atoms with Gasteiger partial charge in [0.2, 0.25) is 0 Å². The molecule has 0 bridgehead atoms. The van der Waals surface area contributed by atoms with Gasteiger partial charge in [0.05, 0.1) is 18.7 Å². The van der Waals surface area contributed by atoms with Crippen LogP contribution in [-0.4, -0.2) is 29.7 Å². The molecule has 1 saturated heterocycles. The van der Waals surface area contributed by atoms with E-state index in [2.05, 4.69) is 0 Å². The summed E-state index contributed by atoms with van der Waals surface area (Å²) in [4.78, 5) is 17.0. The quantitative estimate of drug-likeness (QED) is 0.670. The average molecular weight is 184 g/mol. The molecule has 2 N–H and O–H groups in total. The number of nitrogens with zero attached hydrogens (tertiary/aromatic N) is 1. The van der Waals surface area contributed by atoms with E-state index in [0.29, 0.717) is 19.1 Å². The van der Waals surface area contributed by atoms with Crippen molar-refractivity contribution in [1.82, 2.24) is 5.06 Å². The highest BCUT2D eigenvalue weighted by atomic mass is 16.7. The van der Waals surface area contributed by atoms with E-state index in [0.717, 1.165) is 19.3 Å². The Hall–Kier alpha value is -0.610. The van der Waals surface area contributed by atoms with Gasteiger partial charge in [-0.3, -0.25) is 9.63 Å². The highest BCUT2D eigenvalue weighted by Crippen LogP contribution is 2.39. The zero-order valence-corrected chi connectivity index (χ0v) is 7.95. The van der Waals surface area contributed by atoms with Crippen LogP contribution in [0, 0.1) is 5.92 Å². The van der Waals surface area contributed by atoms with Crippen molar-refractivity contribution in [2.45, 2.75) is 31.7 Å². The molecule has 2 aliphatic rings. The Morgan fingerprint density at radius 1 is 1.62 bits per heavy atom. The van der Waals surface area contributed by atoms with Crippen LogP contribution in [0.3, 0.4) is 0 Å². The summed E-state index contributed by atoms with van der Waals surface area (Å²) in [6.07, 6.45) is 3.08. The molecule has 74 valence electrons. The number of rotatable bonds is 2. The smallest absolute Gasteiger partial charge is 0.266 e. The Labute approximate surface area is 78.0 Å². The highest BCUT2D eigenvalue weighted by Gasteiger charge is 2.46. The standard InChI is InChI=1S/C9H16N2O2/c1-9(10,7-3-4-7)8(12)11-5-2-6-13-11/h7H,2-6,10H2,1H3. The molecule has 2 rings (SSSR count). The Balaban J connectivity index is 2.01. The SMILES string of the molecule is CC(N)(C(=O)N1CCCO1)C1CC1. The van der Waals surface area contributed by atoms with Gasteiger partial charge < -0.3 is 5.73 Å². The molecule has 13 heavy (non-hydrogen) atoms. The van der Waals surface area contributed by atoms with Gasteiger partial charge in [0, 0.05) is 0 Å². The average Bonchev–Trinajstić information content (AvgIpc) is 2.82. The third-order valence-corrected chi connectivity index (χ3v) is 2.87. The first-order valence-electron chi connectivity index (χ1n) is 4.86. The van der Waals surface area contributed by atoms with Crippen molar-refractivity contribution < 1.29 is 9.63 Å². The van der Waals surface area contributed by atoms with Gasteiger partial charge in [-0.2, -0.15) is 0 Å². The van der Waals surface area contributed by atoms with Crippen molar-refractivity contribution in [2.75, 3.05) is 13.2 Å². The maximum Gasteiger partial charge on any atom is 0.266 e. The van der Waals surface area contributed by atoms with Crippen LogP contribution >= 0.6 is 0 Å². The van der Waals surface area contributed by atoms with Crippen LogP contribution in [0.15, 0.2) is 0 Å². The molecule has 0 aromatic heterocycles.